The molecule has 6 heteroatoms. The number of nitrogens with zero attached hydrogens (tertiary/aromatic N) is 3. The van der Waals surface area contributed by atoms with E-state index in [9.17, 15) is 0 Å². The first kappa shape index (κ1) is 38.5. The van der Waals surface area contributed by atoms with Crippen LogP contribution in [0.5, 0.6) is 0 Å². The molecule has 1 aliphatic rings. The zero-order chi connectivity index (χ0) is 45.3. The van der Waals surface area contributed by atoms with Crippen LogP contribution in [-0.4, -0.2) is 16.1 Å². The van der Waals surface area contributed by atoms with Crippen LogP contribution >= 0.6 is 11.3 Å². The summed E-state index contributed by atoms with van der Waals surface area (Å²) in [5.74, 6) is 0.666. The van der Waals surface area contributed by atoms with E-state index in [1.165, 1.54) is 47.8 Å². The van der Waals surface area contributed by atoms with Gasteiger partial charge in [0.2, 0.25) is 0 Å². The molecule has 10 aromatic carbocycles. The number of furan rings is 2. The Labute approximate surface area is 399 Å². The van der Waals surface area contributed by atoms with Crippen LogP contribution in [0.2, 0.25) is 0 Å². The average molecular weight is 902 g/mol. The Hall–Kier alpha value is -8.58. The quantitative estimate of drug-likeness (QED) is 0.177. The number of allylic oxidation sites excluding steroid dienone is 1. The van der Waals surface area contributed by atoms with Gasteiger partial charge in [-0.1, -0.05) is 133 Å². The maximum atomic E-state index is 7.11. The number of fused-ring (bicyclic) bond motifs is 14. The van der Waals surface area contributed by atoms with Crippen molar-refractivity contribution in [3.05, 3.63) is 216 Å². The van der Waals surface area contributed by atoms with Crippen molar-refractivity contribution in [1.29, 1.82) is 0 Å². The fourth-order valence-electron chi connectivity index (χ4n) is 11.2. The van der Waals surface area contributed by atoms with E-state index < -0.39 is 0 Å². The van der Waals surface area contributed by atoms with Crippen LogP contribution in [0.25, 0.3) is 119 Å². The van der Waals surface area contributed by atoms with Gasteiger partial charge >= 0.3 is 0 Å². The highest BCUT2D eigenvalue weighted by Crippen LogP contribution is 2.44. The zero-order valence-electron chi connectivity index (χ0n) is 37.5. The molecule has 0 fully saturated rings. The Morgan fingerprint density at radius 1 is 0.435 bits per heavy atom. The molecular weight excluding hydrogens is 863 g/mol. The second kappa shape index (κ2) is 14.7. The Bertz CT molecular complexity index is 4540. The van der Waals surface area contributed by atoms with Crippen molar-refractivity contribution in [2.24, 2.45) is 9.98 Å². The highest BCUT2D eigenvalue weighted by atomic mass is 32.1. The van der Waals surface area contributed by atoms with Gasteiger partial charge in [-0.15, -0.1) is 11.3 Å². The van der Waals surface area contributed by atoms with E-state index in [0.29, 0.717) is 12.3 Å². The lowest BCUT2D eigenvalue weighted by atomic mass is 9.95. The molecule has 0 saturated carbocycles. The first-order valence-electron chi connectivity index (χ1n) is 23.6. The summed E-state index contributed by atoms with van der Waals surface area (Å²) in [6, 6.07) is 69.7. The van der Waals surface area contributed by atoms with Gasteiger partial charge in [0.25, 0.3) is 0 Å². The second-order valence-corrected chi connectivity index (χ2v) is 19.4. The third kappa shape index (κ3) is 5.76. The molecule has 69 heavy (non-hydrogen) atoms. The van der Waals surface area contributed by atoms with Crippen LogP contribution in [-0.2, 0) is 0 Å². The number of rotatable bonds is 4. The first-order chi connectivity index (χ1) is 34.1. The minimum atomic E-state index is 0.661. The molecule has 4 aromatic heterocycles. The molecule has 1 aliphatic heterocycles. The third-order valence-corrected chi connectivity index (χ3v) is 15.7. The van der Waals surface area contributed by atoms with E-state index in [4.69, 9.17) is 18.8 Å². The van der Waals surface area contributed by atoms with E-state index in [1.54, 1.807) is 11.3 Å². The molecule has 15 rings (SSSR count). The molecule has 0 bridgehead atoms. The second-order valence-electron chi connectivity index (χ2n) is 18.4. The number of hydrogen-bond donors (Lipinski definition) is 0. The molecule has 0 unspecified atom stereocenters. The summed E-state index contributed by atoms with van der Waals surface area (Å²) >= 11 is 1.80. The molecule has 0 atom stereocenters. The molecule has 0 aliphatic carbocycles. The minimum Gasteiger partial charge on any atom is -0.455 e. The van der Waals surface area contributed by atoms with Crippen LogP contribution in [0, 0.1) is 0 Å². The van der Waals surface area contributed by atoms with Crippen molar-refractivity contribution >= 4 is 136 Å². The number of aromatic nitrogens is 1. The van der Waals surface area contributed by atoms with Crippen molar-refractivity contribution in [2.75, 3.05) is 0 Å². The highest BCUT2D eigenvalue weighted by Gasteiger charge is 2.27. The van der Waals surface area contributed by atoms with Crippen LogP contribution in [0.3, 0.4) is 0 Å². The van der Waals surface area contributed by atoms with Crippen molar-refractivity contribution in [1.82, 2.24) is 4.57 Å². The van der Waals surface area contributed by atoms with Crippen LogP contribution in [0.1, 0.15) is 36.5 Å². The average Bonchev–Trinajstić information content (AvgIpc) is 4.15. The predicted octanol–water partition coefficient (Wildman–Crippen LogP) is 17.7. The Morgan fingerprint density at radius 2 is 0.986 bits per heavy atom. The van der Waals surface area contributed by atoms with Crippen molar-refractivity contribution < 1.29 is 8.83 Å². The summed E-state index contributed by atoms with van der Waals surface area (Å²) in [7, 11) is 0. The van der Waals surface area contributed by atoms with Gasteiger partial charge in [0.1, 0.15) is 16.7 Å². The summed E-state index contributed by atoms with van der Waals surface area (Å²) in [6.07, 6.45) is 1.39. The molecule has 324 valence electrons. The molecule has 0 N–H and O–H groups in total. The van der Waals surface area contributed by atoms with Crippen molar-refractivity contribution in [2.45, 2.75) is 19.8 Å². The normalized spacial score (nSPS) is 14.9. The summed E-state index contributed by atoms with van der Waals surface area (Å²) in [4.78, 5) is 11.6. The van der Waals surface area contributed by atoms with Gasteiger partial charge in [-0.2, -0.15) is 0 Å². The topological polar surface area (TPSA) is 55.9 Å². The smallest absolute Gasteiger partial charge is 0.161 e. The molecule has 14 aromatic rings. The van der Waals surface area contributed by atoms with Gasteiger partial charge in [-0.25, -0.2) is 9.98 Å². The Kier molecular flexibility index (Phi) is 8.21. The SMILES string of the molecule is C/C1=C(/c2cccc3c2oc2ccccc23)N=C(c2cccc3c2sc2ccccc23)N=C(c2ccc3c(oc4ccccc43)c2-n2c3cc4ccccc4cc3c3cc4ccccc4cc32)CC1. The summed E-state index contributed by atoms with van der Waals surface area (Å²) < 4.78 is 18.7. The number of thiophene rings is 1. The highest BCUT2D eigenvalue weighted by molar-refractivity contribution is 7.26. The lowest BCUT2D eigenvalue weighted by molar-refractivity contribution is 0.666. The zero-order valence-corrected chi connectivity index (χ0v) is 38.3. The molecule has 0 radical (unpaired) electrons. The molecule has 0 spiro atoms. The number of hydrogen-bond acceptors (Lipinski definition) is 5. The maximum Gasteiger partial charge on any atom is 0.161 e. The number of para-hydroxylation sites is 3. The van der Waals surface area contributed by atoms with E-state index in [0.717, 1.165) is 105 Å². The van der Waals surface area contributed by atoms with Gasteiger partial charge in [0.15, 0.2) is 11.4 Å². The largest absolute Gasteiger partial charge is 0.455 e. The van der Waals surface area contributed by atoms with Crippen molar-refractivity contribution in [3.8, 4) is 5.69 Å². The molecule has 5 nitrogen and oxygen atoms in total. The Morgan fingerprint density at radius 3 is 1.68 bits per heavy atom. The van der Waals surface area contributed by atoms with E-state index in [2.05, 4.69) is 193 Å². The number of benzene rings is 10. The van der Waals surface area contributed by atoms with Crippen LogP contribution in [0.4, 0.5) is 0 Å². The number of amidine groups is 1. The van der Waals surface area contributed by atoms with Crippen LogP contribution in [0.15, 0.2) is 219 Å². The standard InChI is InChI=1S/C63H39N3O2S/c1-36-28-31-52(64-63(49-24-13-22-46-43-20-8-11-27-57(43)69-62(46)49)65-58(36)48-23-12-21-44-41-18-6-9-25-55(41)67-60(44)48)47-30-29-45-42-19-7-10-26-56(42)68-61(45)59(47)66-53-34-39-16-4-2-14-37(39)32-50(53)51-33-38-15-3-5-17-40(38)35-54(51)66/h2-27,29-30,32-35H,28,31H2,1H3/b58-36+,64-52?,65-63?. The molecule has 0 saturated heterocycles. The summed E-state index contributed by atoms with van der Waals surface area (Å²) in [5.41, 5.74) is 12.6. The van der Waals surface area contributed by atoms with Gasteiger partial charge in [-0.05, 0) is 108 Å². The van der Waals surface area contributed by atoms with Gasteiger partial charge in [-0.3, -0.25) is 0 Å². The lowest BCUT2D eigenvalue weighted by Crippen LogP contribution is -2.13. The van der Waals surface area contributed by atoms with Gasteiger partial charge < -0.3 is 13.4 Å². The van der Waals surface area contributed by atoms with Gasteiger partial charge in [0.05, 0.1) is 28.1 Å². The fraction of sp³-hybridized carbons (Fsp3) is 0.0476. The minimum absolute atomic E-state index is 0.661. The fourth-order valence-corrected chi connectivity index (χ4v) is 12.4. The van der Waals surface area contributed by atoms with E-state index in [-0.39, 0.29) is 0 Å². The van der Waals surface area contributed by atoms with E-state index in [1.807, 2.05) is 12.1 Å². The summed E-state index contributed by atoms with van der Waals surface area (Å²) in [5, 5.41) is 13.9. The molecule has 5 heterocycles. The van der Waals surface area contributed by atoms with Gasteiger partial charge in [0, 0.05) is 69.2 Å². The van der Waals surface area contributed by atoms with Crippen molar-refractivity contribution in [3.63, 3.8) is 0 Å². The van der Waals surface area contributed by atoms with E-state index >= 15 is 0 Å². The first-order valence-corrected chi connectivity index (χ1v) is 24.4. The predicted molar refractivity (Wildman–Crippen MR) is 291 cm³/mol. The molecular formula is C63H39N3O2S. The monoisotopic (exact) mass is 901 g/mol. The summed E-state index contributed by atoms with van der Waals surface area (Å²) in [6.45, 7) is 2.23. The lowest BCUT2D eigenvalue weighted by Gasteiger charge is -2.20. The molecule has 0 amide bonds. The Balaban J connectivity index is 1.06. The number of aliphatic imine (C=N–C) groups is 2. The van der Waals surface area contributed by atoms with Crippen LogP contribution < -0.4 is 0 Å². The third-order valence-electron chi connectivity index (χ3n) is 14.5. The maximum absolute atomic E-state index is 7.11.